The van der Waals surface area contributed by atoms with Gasteiger partial charge in [-0.1, -0.05) is 24.3 Å². The van der Waals surface area contributed by atoms with Crippen LogP contribution in [0.2, 0.25) is 0 Å². The second-order valence-corrected chi connectivity index (χ2v) is 7.41. The first-order valence-electron chi connectivity index (χ1n) is 9.80. The zero-order chi connectivity index (χ0) is 18.9. The van der Waals surface area contributed by atoms with Crippen molar-refractivity contribution in [3.8, 4) is 0 Å². The Hall–Kier alpha value is -2.61. The number of fused-ring (bicyclic) bond motifs is 2. The van der Waals surface area contributed by atoms with E-state index in [4.69, 9.17) is 15.5 Å². The van der Waals surface area contributed by atoms with Gasteiger partial charge in [0.05, 0.1) is 17.8 Å². The molecule has 2 aromatic heterocycles. The van der Waals surface area contributed by atoms with Crippen LogP contribution in [0.5, 0.6) is 0 Å². The van der Waals surface area contributed by atoms with Gasteiger partial charge in [-0.3, -0.25) is 9.88 Å². The summed E-state index contributed by atoms with van der Waals surface area (Å²) in [5.74, 6) is 1.29. The van der Waals surface area contributed by atoms with E-state index in [0.717, 1.165) is 55.9 Å². The molecule has 1 saturated heterocycles. The van der Waals surface area contributed by atoms with E-state index in [1.165, 1.54) is 10.9 Å². The molecular formula is C21H24N6O. The van der Waals surface area contributed by atoms with Gasteiger partial charge in [0.1, 0.15) is 11.9 Å². The monoisotopic (exact) mass is 376 g/mol. The highest BCUT2D eigenvalue weighted by molar-refractivity contribution is 5.81. The minimum atomic E-state index is -0.126. The lowest BCUT2D eigenvalue weighted by Gasteiger charge is -2.30. The Morgan fingerprint density at radius 2 is 2.14 bits per heavy atom. The van der Waals surface area contributed by atoms with Crippen molar-refractivity contribution in [1.82, 2.24) is 25.2 Å². The van der Waals surface area contributed by atoms with Gasteiger partial charge in [0.25, 0.3) is 0 Å². The van der Waals surface area contributed by atoms with Crippen LogP contribution in [0.1, 0.15) is 28.7 Å². The van der Waals surface area contributed by atoms with Gasteiger partial charge in [-0.25, -0.2) is 9.97 Å². The summed E-state index contributed by atoms with van der Waals surface area (Å²) in [7, 11) is 0. The molecule has 0 bridgehead atoms. The number of nitrogens with one attached hydrogen (secondary N) is 1. The second kappa shape index (κ2) is 7.43. The van der Waals surface area contributed by atoms with Gasteiger partial charge in [0, 0.05) is 49.9 Å². The van der Waals surface area contributed by atoms with Crippen LogP contribution in [0, 0.1) is 0 Å². The topological polar surface area (TPSA) is 89.2 Å². The van der Waals surface area contributed by atoms with E-state index in [1.54, 1.807) is 0 Å². The summed E-state index contributed by atoms with van der Waals surface area (Å²) in [5.41, 5.74) is 10.7. The van der Waals surface area contributed by atoms with Gasteiger partial charge in [-0.2, -0.15) is 0 Å². The number of para-hydroxylation sites is 1. The van der Waals surface area contributed by atoms with E-state index in [9.17, 15) is 0 Å². The van der Waals surface area contributed by atoms with Crippen molar-refractivity contribution >= 4 is 16.7 Å². The second-order valence-electron chi connectivity index (χ2n) is 7.41. The molecule has 7 heteroatoms. The molecule has 0 spiro atoms. The van der Waals surface area contributed by atoms with Crippen molar-refractivity contribution in [2.45, 2.75) is 25.6 Å². The van der Waals surface area contributed by atoms with Crippen molar-refractivity contribution in [3.05, 3.63) is 59.2 Å². The molecule has 3 aromatic rings. The molecule has 0 aliphatic carbocycles. The number of nitrogens with two attached hydrogens (primary N) is 1. The normalized spacial score (nSPS) is 20.2. The van der Waals surface area contributed by atoms with Crippen molar-refractivity contribution in [2.75, 3.05) is 32.0 Å². The summed E-state index contributed by atoms with van der Waals surface area (Å²) in [6.07, 6.45) is 2.60. The van der Waals surface area contributed by atoms with E-state index in [1.807, 2.05) is 12.3 Å². The molecule has 0 amide bonds. The fraction of sp³-hybridized carbons (Fsp3) is 0.381. The summed E-state index contributed by atoms with van der Waals surface area (Å²) in [4.78, 5) is 16.4. The number of benzene rings is 1. The summed E-state index contributed by atoms with van der Waals surface area (Å²) < 4.78 is 5.82. The molecule has 7 nitrogen and oxygen atoms in total. The largest absolute Gasteiger partial charge is 0.383 e. The predicted molar refractivity (Wildman–Crippen MR) is 108 cm³/mol. The van der Waals surface area contributed by atoms with Gasteiger partial charge < -0.3 is 15.8 Å². The maximum atomic E-state index is 6.27. The molecule has 28 heavy (non-hydrogen) atoms. The third-order valence-corrected chi connectivity index (χ3v) is 5.52. The molecule has 2 aliphatic rings. The van der Waals surface area contributed by atoms with Crippen molar-refractivity contribution in [3.63, 3.8) is 0 Å². The Bertz CT molecular complexity index is 996. The number of aromatic nitrogens is 3. The molecule has 4 heterocycles. The van der Waals surface area contributed by atoms with Crippen LogP contribution in [0.15, 0.2) is 36.5 Å². The molecule has 1 atom stereocenters. The molecule has 1 fully saturated rings. The number of anilines is 1. The molecule has 0 radical (unpaired) electrons. The quantitative estimate of drug-likeness (QED) is 0.721. The average Bonchev–Trinajstić information content (AvgIpc) is 2.74. The maximum Gasteiger partial charge on any atom is 0.161 e. The molecular weight excluding hydrogens is 352 g/mol. The molecule has 2 aliphatic heterocycles. The number of hydrogen-bond acceptors (Lipinski definition) is 7. The van der Waals surface area contributed by atoms with Gasteiger partial charge in [0.15, 0.2) is 5.82 Å². The predicted octanol–water partition coefficient (Wildman–Crippen LogP) is 1.83. The first kappa shape index (κ1) is 17.5. The highest BCUT2D eigenvalue weighted by Gasteiger charge is 2.25. The molecule has 5 rings (SSSR count). The fourth-order valence-corrected chi connectivity index (χ4v) is 4.08. The van der Waals surface area contributed by atoms with Crippen LogP contribution in [-0.4, -0.2) is 46.1 Å². The first-order valence-corrected chi connectivity index (χ1v) is 9.80. The smallest absolute Gasteiger partial charge is 0.161 e. The fourth-order valence-electron chi connectivity index (χ4n) is 4.08. The van der Waals surface area contributed by atoms with Crippen LogP contribution in [-0.2, 0) is 24.2 Å². The lowest BCUT2D eigenvalue weighted by atomic mass is 10.0. The number of hydrogen-bond donors (Lipinski definition) is 2. The molecule has 1 aromatic carbocycles. The third-order valence-electron chi connectivity index (χ3n) is 5.52. The van der Waals surface area contributed by atoms with Gasteiger partial charge >= 0.3 is 0 Å². The molecule has 3 N–H and O–H groups in total. The van der Waals surface area contributed by atoms with Crippen LogP contribution in [0.3, 0.4) is 0 Å². The SMILES string of the molecule is Nc1nc(C2CNCCO2)nc2c1CCN(Cc1cccc3cccnc13)C2. The third kappa shape index (κ3) is 3.32. The van der Waals surface area contributed by atoms with Crippen molar-refractivity contribution in [1.29, 1.82) is 0 Å². The van der Waals surface area contributed by atoms with Crippen LogP contribution >= 0.6 is 0 Å². The maximum absolute atomic E-state index is 6.27. The standard InChI is InChI=1S/C21H24N6O/c22-20-16-6-9-27(12-15-4-1-3-14-5-2-7-24-19(14)15)13-17(16)25-21(26-20)18-11-23-8-10-28-18/h1-5,7,18,23H,6,8-13H2,(H2,22,25,26). The number of ether oxygens (including phenoxy) is 1. The summed E-state index contributed by atoms with van der Waals surface area (Å²) >= 11 is 0. The van der Waals surface area contributed by atoms with Gasteiger partial charge in [0.2, 0.25) is 0 Å². The van der Waals surface area contributed by atoms with E-state index >= 15 is 0 Å². The van der Waals surface area contributed by atoms with Crippen LogP contribution in [0.4, 0.5) is 5.82 Å². The summed E-state index contributed by atoms with van der Waals surface area (Å²) in [6.45, 7) is 4.80. The Kier molecular flexibility index (Phi) is 4.64. The van der Waals surface area contributed by atoms with Crippen molar-refractivity contribution < 1.29 is 4.74 Å². The number of rotatable bonds is 3. The number of nitrogen functional groups attached to an aromatic ring is 1. The zero-order valence-electron chi connectivity index (χ0n) is 15.8. The lowest BCUT2D eigenvalue weighted by molar-refractivity contribution is 0.0219. The Morgan fingerprint density at radius 3 is 3.04 bits per heavy atom. The Morgan fingerprint density at radius 1 is 1.21 bits per heavy atom. The minimum absolute atomic E-state index is 0.126. The van der Waals surface area contributed by atoms with Crippen LogP contribution in [0.25, 0.3) is 10.9 Å². The first-order chi connectivity index (χ1) is 13.8. The van der Waals surface area contributed by atoms with Gasteiger partial charge in [-0.05, 0) is 18.1 Å². The number of nitrogens with zero attached hydrogens (tertiary/aromatic N) is 4. The van der Waals surface area contributed by atoms with E-state index < -0.39 is 0 Å². The number of morpholine rings is 1. The molecule has 0 saturated carbocycles. The van der Waals surface area contributed by atoms with E-state index in [0.29, 0.717) is 18.2 Å². The molecule has 144 valence electrons. The molecule has 1 unspecified atom stereocenters. The Labute approximate surface area is 164 Å². The minimum Gasteiger partial charge on any atom is -0.383 e. The van der Waals surface area contributed by atoms with Gasteiger partial charge in [-0.15, -0.1) is 0 Å². The number of pyridine rings is 1. The van der Waals surface area contributed by atoms with E-state index in [2.05, 4.69) is 44.5 Å². The highest BCUT2D eigenvalue weighted by atomic mass is 16.5. The summed E-state index contributed by atoms with van der Waals surface area (Å²) in [5, 5.41) is 4.50. The Balaban J connectivity index is 1.40. The zero-order valence-corrected chi connectivity index (χ0v) is 15.8. The van der Waals surface area contributed by atoms with Crippen molar-refractivity contribution in [2.24, 2.45) is 0 Å². The van der Waals surface area contributed by atoms with Crippen LogP contribution < -0.4 is 11.1 Å². The van der Waals surface area contributed by atoms with E-state index in [-0.39, 0.29) is 6.10 Å². The highest BCUT2D eigenvalue weighted by Crippen LogP contribution is 2.27. The average molecular weight is 376 g/mol. The summed E-state index contributed by atoms with van der Waals surface area (Å²) in [6, 6.07) is 10.5. The lowest BCUT2D eigenvalue weighted by Crippen LogP contribution is -2.36.